The summed E-state index contributed by atoms with van der Waals surface area (Å²) in [5.74, 6) is -1.09. The predicted octanol–water partition coefficient (Wildman–Crippen LogP) is 4.28. The quantitative estimate of drug-likeness (QED) is 0.476. The molecule has 158 valence electrons. The van der Waals surface area contributed by atoms with Gasteiger partial charge >= 0.3 is 5.97 Å². The van der Waals surface area contributed by atoms with Crippen LogP contribution < -0.4 is 5.73 Å². The Kier molecular flexibility index (Phi) is 4.95. The maximum absolute atomic E-state index is 13.7. The molecule has 0 radical (unpaired) electrons. The van der Waals surface area contributed by atoms with Crippen LogP contribution in [0.4, 0.5) is 10.2 Å². The lowest BCUT2D eigenvalue weighted by molar-refractivity contribution is 0.0163. The molecule has 1 aliphatic heterocycles. The van der Waals surface area contributed by atoms with E-state index in [9.17, 15) is 9.18 Å². The van der Waals surface area contributed by atoms with Gasteiger partial charge in [0.2, 0.25) is 0 Å². The zero-order valence-electron chi connectivity index (χ0n) is 16.3. The fourth-order valence-corrected chi connectivity index (χ4v) is 3.94. The van der Waals surface area contributed by atoms with Gasteiger partial charge in [-0.2, -0.15) is 0 Å². The minimum Gasteiger partial charge on any atom is -0.459 e. The van der Waals surface area contributed by atoms with E-state index in [1.54, 1.807) is 6.07 Å². The largest absolute Gasteiger partial charge is 0.459 e. The van der Waals surface area contributed by atoms with Gasteiger partial charge in [0.25, 0.3) is 0 Å². The Bertz CT molecular complexity index is 1320. The first kappa shape index (κ1) is 19.7. The van der Waals surface area contributed by atoms with Crippen molar-refractivity contribution in [2.24, 2.45) is 0 Å². The maximum atomic E-state index is 13.7. The number of fused-ring (bicyclic) bond motifs is 2. The third-order valence-electron chi connectivity index (χ3n) is 5.29. The van der Waals surface area contributed by atoms with Crippen LogP contribution in [0.15, 0.2) is 42.5 Å². The third-order valence-corrected chi connectivity index (χ3v) is 5.58. The molecule has 1 fully saturated rings. The predicted molar refractivity (Wildman–Crippen MR) is 115 cm³/mol. The monoisotopic (exact) mass is 440 g/mol. The number of esters is 1. The molecule has 31 heavy (non-hydrogen) atoms. The highest BCUT2D eigenvalue weighted by molar-refractivity contribution is 6.31. The molecule has 5 rings (SSSR count). The van der Waals surface area contributed by atoms with Crippen LogP contribution >= 0.6 is 11.6 Å². The van der Waals surface area contributed by atoms with Crippen LogP contribution in [0.25, 0.3) is 27.9 Å². The summed E-state index contributed by atoms with van der Waals surface area (Å²) in [5.41, 5.74) is 8.84. The van der Waals surface area contributed by atoms with Crippen molar-refractivity contribution in [2.45, 2.75) is 18.9 Å². The second-order valence-corrected chi connectivity index (χ2v) is 7.72. The maximum Gasteiger partial charge on any atom is 0.344 e. The Morgan fingerprint density at radius 2 is 2.03 bits per heavy atom. The van der Waals surface area contributed by atoms with E-state index in [-0.39, 0.29) is 29.1 Å². The smallest absolute Gasteiger partial charge is 0.344 e. The van der Waals surface area contributed by atoms with Gasteiger partial charge in [-0.1, -0.05) is 23.7 Å². The molecule has 2 N–H and O–H groups in total. The number of hydrogen-bond donors (Lipinski definition) is 1. The number of carbonyl (C=O) groups excluding carboxylic acids is 1. The van der Waals surface area contributed by atoms with Crippen molar-refractivity contribution in [1.29, 1.82) is 0 Å². The third kappa shape index (κ3) is 3.47. The van der Waals surface area contributed by atoms with E-state index in [4.69, 9.17) is 26.8 Å². The molecule has 0 unspecified atom stereocenters. The Balaban J connectivity index is 1.68. The number of nitrogens with two attached hydrogens (primary N) is 1. The van der Waals surface area contributed by atoms with Gasteiger partial charge in [0.1, 0.15) is 29.3 Å². The lowest BCUT2D eigenvalue weighted by atomic mass is 10.2. The summed E-state index contributed by atoms with van der Waals surface area (Å²) in [6.07, 6.45) is 1.65. The van der Waals surface area contributed by atoms with Crippen molar-refractivity contribution in [1.82, 2.24) is 14.5 Å². The van der Waals surface area contributed by atoms with E-state index < -0.39 is 11.8 Å². The number of halogens is 2. The molecule has 1 atom stereocenters. The van der Waals surface area contributed by atoms with Crippen LogP contribution in [0.1, 0.15) is 23.2 Å². The highest BCUT2D eigenvalue weighted by atomic mass is 35.5. The van der Waals surface area contributed by atoms with E-state index >= 15 is 0 Å². The highest BCUT2D eigenvalue weighted by Crippen LogP contribution is 2.32. The number of carbonyl (C=O) groups is 1. The summed E-state index contributed by atoms with van der Waals surface area (Å²) >= 11 is 5.98. The normalized spacial score (nSPS) is 16.3. The molecular formula is C22H18ClFN4O3. The number of anilines is 1. The van der Waals surface area contributed by atoms with Crippen molar-refractivity contribution in [3.8, 4) is 5.69 Å². The van der Waals surface area contributed by atoms with E-state index in [1.807, 2.05) is 18.2 Å². The second-order valence-electron chi connectivity index (χ2n) is 7.31. The number of nitrogens with zero attached hydrogens (tertiary/aromatic N) is 3. The van der Waals surface area contributed by atoms with E-state index in [0.717, 1.165) is 12.8 Å². The van der Waals surface area contributed by atoms with Crippen molar-refractivity contribution in [2.75, 3.05) is 18.9 Å². The van der Waals surface area contributed by atoms with Gasteiger partial charge in [0.15, 0.2) is 5.65 Å². The minimum absolute atomic E-state index is 0.0741. The molecule has 2 aromatic carbocycles. The summed E-state index contributed by atoms with van der Waals surface area (Å²) in [5, 5.41) is -0.0741. The fourth-order valence-electron chi connectivity index (χ4n) is 3.76. The number of benzene rings is 2. The Labute approximate surface area is 181 Å². The number of hydrogen-bond acceptors (Lipinski definition) is 6. The van der Waals surface area contributed by atoms with Crippen LogP contribution in [-0.2, 0) is 9.47 Å². The topological polar surface area (TPSA) is 92.3 Å². The minimum atomic E-state index is -0.616. The van der Waals surface area contributed by atoms with E-state index in [2.05, 4.69) is 9.97 Å². The molecule has 1 saturated heterocycles. The van der Waals surface area contributed by atoms with Crippen LogP contribution in [0.5, 0.6) is 0 Å². The zero-order valence-corrected chi connectivity index (χ0v) is 17.1. The number of aromatic nitrogens is 3. The summed E-state index contributed by atoms with van der Waals surface area (Å²) in [7, 11) is 0. The zero-order chi connectivity index (χ0) is 21.5. The van der Waals surface area contributed by atoms with Crippen molar-refractivity contribution in [3.05, 3.63) is 58.9 Å². The summed E-state index contributed by atoms with van der Waals surface area (Å²) in [4.78, 5) is 22.3. The SMILES string of the molecule is Nc1c(C(=O)OC[C@H]2CCCO2)c2nc3ccccc3nc2n1-c1ccc(F)c(Cl)c1. The van der Waals surface area contributed by atoms with Crippen molar-refractivity contribution >= 4 is 45.6 Å². The number of ether oxygens (including phenoxy) is 2. The van der Waals surface area contributed by atoms with Crippen LogP contribution in [0, 0.1) is 5.82 Å². The van der Waals surface area contributed by atoms with Gasteiger partial charge in [-0.25, -0.2) is 19.2 Å². The van der Waals surface area contributed by atoms with E-state index in [1.165, 1.54) is 22.8 Å². The summed E-state index contributed by atoms with van der Waals surface area (Å²) < 4.78 is 26.3. The number of rotatable bonds is 4. The lowest BCUT2D eigenvalue weighted by Crippen LogP contribution is -2.18. The number of nitrogen functional groups attached to an aromatic ring is 1. The molecule has 0 saturated carbocycles. The van der Waals surface area contributed by atoms with Gasteiger partial charge in [-0.15, -0.1) is 0 Å². The Hall–Kier alpha value is -3.23. The standard InChI is InChI=1S/C22H18ClFN4O3/c23-14-10-12(7-8-15(14)24)28-20(25)18(22(29)31-11-13-4-3-9-30-13)19-21(28)27-17-6-2-1-5-16(17)26-19/h1-2,5-8,10,13H,3-4,9,11,25H2/t13-/m1/s1. The van der Waals surface area contributed by atoms with E-state index in [0.29, 0.717) is 34.5 Å². The van der Waals surface area contributed by atoms with Crippen LogP contribution in [-0.4, -0.2) is 39.8 Å². The summed E-state index contributed by atoms with van der Waals surface area (Å²) in [6, 6.07) is 11.4. The molecule has 0 bridgehead atoms. The van der Waals surface area contributed by atoms with Crippen LogP contribution in [0.2, 0.25) is 5.02 Å². The molecule has 9 heteroatoms. The van der Waals surface area contributed by atoms with Gasteiger partial charge in [-0.3, -0.25) is 4.57 Å². The first-order valence-corrected chi connectivity index (χ1v) is 10.2. The fraction of sp³-hybridized carbons (Fsp3) is 0.227. The molecular weight excluding hydrogens is 423 g/mol. The van der Waals surface area contributed by atoms with Gasteiger partial charge in [-0.05, 0) is 43.2 Å². The van der Waals surface area contributed by atoms with Crippen molar-refractivity contribution < 1.29 is 18.7 Å². The van der Waals surface area contributed by atoms with Gasteiger partial charge < -0.3 is 15.2 Å². The second kappa shape index (κ2) is 7.79. The van der Waals surface area contributed by atoms with Crippen LogP contribution in [0.3, 0.4) is 0 Å². The average Bonchev–Trinajstić information content (AvgIpc) is 3.38. The molecule has 2 aromatic heterocycles. The Morgan fingerprint density at radius 3 is 2.74 bits per heavy atom. The Morgan fingerprint density at radius 1 is 1.26 bits per heavy atom. The lowest BCUT2D eigenvalue weighted by Gasteiger charge is -2.11. The molecule has 0 amide bonds. The highest BCUT2D eigenvalue weighted by Gasteiger charge is 2.27. The molecule has 0 aliphatic carbocycles. The first-order chi connectivity index (χ1) is 15.0. The van der Waals surface area contributed by atoms with Gasteiger partial charge in [0.05, 0.1) is 27.8 Å². The van der Waals surface area contributed by atoms with Crippen molar-refractivity contribution in [3.63, 3.8) is 0 Å². The average molecular weight is 441 g/mol. The molecule has 3 heterocycles. The molecule has 0 spiro atoms. The molecule has 4 aromatic rings. The molecule has 1 aliphatic rings. The first-order valence-electron chi connectivity index (χ1n) is 9.84. The molecule has 7 nitrogen and oxygen atoms in total. The van der Waals surface area contributed by atoms with Gasteiger partial charge in [0, 0.05) is 6.61 Å². The number of para-hydroxylation sites is 2. The summed E-state index contributed by atoms with van der Waals surface area (Å²) in [6.45, 7) is 0.792.